The Morgan fingerprint density at radius 2 is 1.14 bits per heavy atom. The molecular weight excluding hydrogens is 611 g/mol. The third kappa shape index (κ3) is 3.81. The lowest BCUT2D eigenvalue weighted by Crippen LogP contribution is -2.01. The summed E-state index contributed by atoms with van der Waals surface area (Å²) in [5.74, 6) is 0.213. The molecule has 2 aromatic heterocycles. The molecular formula is C47H29NS. The molecule has 0 radical (unpaired) electrons. The highest BCUT2D eigenvalue weighted by Gasteiger charge is 2.28. The molecule has 1 nitrogen and oxygen atoms in total. The summed E-state index contributed by atoms with van der Waals surface area (Å²) >= 11 is 1.92. The highest BCUT2D eigenvalue weighted by Crippen LogP contribution is 2.50. The molecule has 11 rings (SSSR count). The van der Waals surface area contributed by atoms with Crippen molar-refractivity contribution in [3.63, 3.8) is 0 Å². The molecule has 2 heteroatoms. The van der Waals surface area contributed by atoms with Crippen LogP contribution in [0.15, 0.2) is 164 Å². The lowest BCUT2D eigenvalue weighted by Gasteiger charge is -2.18. The molecule has 0 bridgehead atoms. The van der Waals surface area contributed by atoms with Crippen LogP contribution in [0, 0.1) is 0 Å². The number of benzene rings is 8. The Bertz CT molecular complexity index is 2980. The highest BCUT2D eigenvalue weighted by molar-refractivity contribution is 7.27. The Hall–Kier alpha value is -5.96. The van der Waals surface area contributed by atoms with Crippen molar-refractivity contribution >= 4 is 86.5 Å². The molecule has 0 amide bonds. The maximum atomic E-state index is 2.56. The van der Waals surface area contributed by atoms with E-state index in [1.54, 1.807) is 0 Å². The lowest BCUT2D eigenvalue weighted by molar-refractivity contribution is 1.07. The van der Waals surface area contributed by atoms with Crippen LogP contribution in [0.2, 0.25) is 0 Å². The number of rotatable bonds is 3. The van der Waals surface area contributed by atoms with Crippen LogP contribution in [0.25, 0.3) is 80.9 Å². The topological polar surface area (TPSA) is 4.93 Å². The van der Waals surface area contributed by atoms with Gasteiger partial charge < -0.3 is 4.57 Å². The van der Waals surface area contributed by atoms with Crippen molar-refractivity contribution in [3.8, 4) is 5.69 Å². The quantitative estimate of drug-likeness (QED) is 0.181. The average Bonchev–Trinajstić information content (AvgIpc) is 3.86. The summed E-state index contributed by atoms with van der Waals surface area (Å²) in [5.41, 5.74) is 10.4. The van der Waals surface area contributed by atoms with Crippen LogP contribution >= 0.6 is 11.3 Å². The van der Waals surface area contributed by atoms with Gasteiger partial charge in [-0.15, -0.1) is 11.3 Å². The number of fused-ring (bicyclic) bond motifs is 13. The Labute approximate surface area is 287 Å². The molecule has 1 unspecified atom stereocenters. The van der Waals surface area contributed by atoms with Gasteiger partial charge in [0.2, 0.25) is 0 Å². The van der Waals surface area contributed by atoms with Gasteiger partial charge in [0.25, 0.3) is 0 Å². The average molecular weight is 640 g/mol. The van der Waals surface area contributed by atoms with Gasteiger partial charge in [-0.05, 0) is 68.3 Å². The van der Waals surface area contributed by atoms with E-state index < -0.39 is 0 Å². The zero-order valence-electron chi connectivity index (χ0n) is 26.6. The number of thiophene rings is 1. The van der Waals surface area contributed by atoms with Crippen LogP contribution in [-0.2, 0) is 0 Å². The molecule has 2 heterocycles. The van der Waals surface area contributed by atoms with Gasteiger partial charge in [-0.3, -0.25) is 0 Å². The van der Waals surface area contributed by atoms with Gasteiger partial charge in [0, 0.05) is 43.2 Å². The van der Waals surface area contributed by atoms with Crippen LogP contribution in [0.5, 0.6) is 0 Å². The maximum Gasteiger partial charge on any atom is 0.0726 e. The molecule has 0 saturated carbocycles. The van der Waals surface area contributed by atoms with E-state index in [4.69, 9.17) is 0 Å². The minimum Gasteiger partial charge on any atom is -0.307 e. The smallest absolute Gasteiger partial charge is 0.0726 e. The van der Waals surface area contributed by atoms with Gasteiger partial charge in [-0.1, -0.05) is 146 Å². The first-order valence-corrected chi connectivity index (χ1v) is 17.8. The fourth-order valence-electron chi connectivity index (χ4n) is 8.57. The van der Waals surface area contributed by atoms with Crippen molar-refractivity contribution < 1.29 is 0 Å². The van der Waals surface area contributed by atoms with E-state index in [1.807, 2.05) is 11.3 Å². The maximum absolute atomic E-state index is 2.56. The normalized spacial score (nSPS) is 14.4. The van der Waals surface area contributed by atoms with Crippen molar-refractivity contribution in [1.82, 2.24) is 4.57 Å². The molecule has 1 atom stereocenters. The van der Waals surface area contributed by atoms with Crippen molar-refractivity contribution in [3.05, 3.63) is 186 Å². The predicted octanol–water partition coefficient (Wildman–Crippen LogP) is 13.1. The fourth-order valence-corrected chi connectivity index (χ4v) is 9.83. The minimum absolute atomic E-state index is 0.213. The SMILES string of the molecule is C1=C(c2ccc(-n3c4c5ccccc5ccc4c4c5ccccc5c5c6ccccc6sc5c43)cc2)C(c2ccccc2)c2ccccc21. The molecule has 49 heavy (non-hydrogen) atoms. The molecule has 0 fully saturated rings. The van der Waals surface area contributed by atoms with Gasteiger partial charge in [0.1, 0.15) is 0 Å². The first kappa shape index (κ1) is 27.0. The van der Waals surface area contributed by atoms with Crippen LogP contribution in [-0.4, -0.2) is 4.57 Å². The van der Waals surface area contributed by atoms with E-state index in [1.165, 1.54) is 97.0 Å². The van der Waals surface area contributed by atoms with E-state index in [9.17, 15) is 0 Å². The van der Waals surface area contributed by atoms with Crippen LogP contribution in [0.3, 0.4) is 0 Å². The van der Waals surface area contributed by atoms with Crippen LogP contribution in [0.1, 0.15) is 28.2 Å². The first-order valence-electron chi connectivity index (χ1n) is 17.0. The summed E-state index contributed by atoms with van der Waals surface area (Å²) < 4.78 is 5.23. The van der Waals surface area contributed by atoms with Crippen molar-refractivity contribution in [2.24, 2.45) is 0 Å². The molecule has 1 aliphatic carbocycles. The number of nitrogens with zero attached hydrogens (tertiary/aromatic N) is 1. The van der Waals surface area contributed by atoms with E-state index in [0.717, 1.165) is 0 Å². The molecule has 0 N–H and O–H groups in total. The summed E-state index contributed by atoms with van der Waals surface area (Å²) in [6.07, 6.45) is 2.39. The second-order valence-corrected chi connectivity index (χ2v) is 14.3. The highest BCUT2D eigenvalue weighted by atomic mass is 32.1. The second-order valence-electron chi connectivity index (χ2n) is 13.2. The van der Waals surface area contributed by atoms with E-state index >= 15 is 0 Å². The minimum atomic E-state index is 0.213. The Morgan fingerprint density at radius 1 is 0.469 bits per heavy atom. The van der Waals surface area contributed by atoms with Crippen molar-refractivity contribution in [1.29, 1.82) is 0 Å². The summed E-state index contributed by atoms with van der Waals surface area (Å²) in [6, 6.07) is 60.6. The Morgan fingerprint density at radius 3 is 1.98 bits per heavy atom. The van der Waals surface area contributed by atoms with E-state index in [2.05, 4.69) is 174 Å². The zero-order chi connectivity index (χ0) is 32.1. The lowest BCUT2D eigenvalue weighted by atomic mass is 9.85. The molecule has 0 spiro atoms. The number of hydrogen-bond donors (Lipinski definition) is 0. The largest absolute Gasteiger partial charge is 0.307 e. The van der Waals surface area contributed by atoms with Crippen LogP contribution < -0.4 is 0 Å². The molecule has 228 valence electrons. The van der Waals surface area contributed by atoms with Gasteiger partial charge in [0.15, 0.2) is 0 Å². The number of allylic oxidation sites excluding steroid dienone is 1. The molecule has 10 aromatic rings. The van der Waals surface area contributed by atoms with E-state index in [-0.39, 0.29) is 5.92 Å². The van der Waals surface area contributed by atoms with Gasteiger partial charge >= 0.3 is 0 Å². The predicted molar refractivity (Wildman–Crippen MR) is 211 cm³/mol. The third-order valence-electron chi connectivity index (χ3n) is 10.7. The molecule has 1 aliphatic rings. The van der Waals surface area contributed by atoms with Gasteiger partial charge in [-0.25, -0.2) is 0 Å². The summed E-state index contributed by atoms with van der Waals surface area (Å²) in [7, 11) is 0. The summed E-state index contributed by atoms with van der Waals surface area (Å²) in [6.45, 7) is 0. The Balaban J connectivity index is 1.22. The first-order chi connectivity index (χ1) is 24.3. The van der Waals surface area contributed by atoms with E-state index in [0.29, 0.717) is 0 Å². The molecule has 8 aromatic carbocycles. The monoisotopic (exact) mass is 639 g/mol. The molecule has 0 aliphatic heterocycles. The summed E-state index contributed by atoms with van der Waals surface area (Å²) in [4.78, 5) is 0. The fraction of sp³-hybridized carbons (Fsp3) is 0.0213. The van der Waals surface area contributed by atoms with Crippen molar-refractivity contribution in [2.45, 2.75) is 5.92 Å². The number of aromatic nitrogens is 1. The zero-order valence-corrected chi connectivity index (χ0v) is 27.4. The number of hydrogen-bond acceptors (Lipinski definition) is 1. The van der Waals surface area contributed by atoms with Crippen LogP contribution in [0.4, 0.5) is 0 Å². The third-order valence-corrected chi connectivity index (χ3v) is 11.8. The van der Waals surface area contributed by atoms with Gasteiger partial charge in [-0.2, -0.15) is 0 Å². The second kappa shape index (κ2) is 10.3. The Kier molecular flexibility index (Phi) is 5.67. The standard InChI is InChI=1S/C47H29NS/c1-2-13-31(14-3-1)42-34-16-6-5-15-32(34)28-40(42)30-22-25-33(26-23-30)48-45-35-17-7-4-12-29(35)24-27-39(45)43-36-18-8-9-19-37(36)44-38-20-10-11-21-41(38)49-47(44)46(43)48/h1-28,42H. The van der Waals surface area contributed by atoms with Crippen molar-refractivity contribution in [2.75, 3.05) is 0 Å². The summed E-state index contributed by atoms with van der Waals surface area (Å²) in [5, 5.41) is 10.5. The molecule has 0 saturated heterocycles. The van der Waals surface area contributed by atoms with Gasteiger partial charge in [0.05, 0.1) is 15.7 Å².